The number of rotatable bonds is 3. The molecule has 1 N–H and O–H groups in total. The number of aromatic nitrogens is 2. The molecule has 0 aliphatic heterocycles. The van der Waals surface area contributed by atoms with Gasteiger partial charge in [-0.25, -0.2) is 0 Å². The van der Waals surface area contributed by atoms with E-state index in [4.69, 9.17) is 9.47 Å². The molecule has 0 radical (unpaired) electrons. The van der Waals surface area contributed by atoms with E-state index in [1.54, 1.807) is 14.2 Å². The van der Waals surface area contributed by atoms with Gasteiger partial charge in [-0.15, -0.1) is 0 Å². The second-order valence-electron chi connectivity index (χ2n) is 7.89. The lowest BCUT2D eigenvalue weighted by Crippen LogP contribution is -2.21. The van der Waals surface area contributed by atoms with Gasteiger partial charge in [0.25, 0.3) is 0 Å². The van der Waals surface area contributed by atoms with Crippen LogP contribution in [0.2, 0.25) is 0 Å². The zero-order valence-electron chi connectivity index (χ0n) is 15.5. The van der Waals surface area contributed by atoms with Crippen molar-refractivity contribution in [2.75, 3.05) is 14.2 Å². The van der Waals surface area contributed by atoms with Gasteiger partial charge in [0.05, 0.1) is 19.9 Å². The Labute approximate surface area is 139 Å². The Kier molecular flexibility index (Phi) is 4.47. The molecule has 1 aromatic heterocycles. The van der Waals surface area contributed by atoms with Gasteiger partial charge in [0.1, 0.15) is 0 Å². The number of aromatic amines is 1. The van der Waals surface area contributed by atoms with E-state index in [0.29, 0.717) is 5.75 Å². The van der Waals surface area contributed by atoms with Gasteiger partial charge in [0.2, 0.25) is 0 Å². The lowest BCUT2D eigenvalue weighted by molar-refractivity contribution is 0.355. The predicted octanol–water partition coefficient (Wildman–Crippen LogP) is 4.69. The second kappa shape index (κ2) is 5.91. The fourth-order valence-corrected chi connectivity index (χ4v) is 2.81. The maximum absolute atomic E-state index is 5.43. The molecule has 0 aliphatic carbocycles. The highest BCUT2D eigenvalue weighted by Crippen LogP contribution is 2.40. The van der Waals surface area contributed by atoms with Crippen LogP contribution in [0.25, 0.3) is 11.3 Å². The van der Waals surface area contributed by atoms with Crippen molar-refractivity contribution in [1.29, 1.82) is 0 Å². The average molecular weight is 316 g/mol. The molecule has 4 nitrogen and oxygen atoms in total. The van der Waals surface area contributed by atoms with Crippen molar-refractivity contribution < 1.29 is 9.47 Å². The zero-order chi connectivity index (χ0) is 17.4. The first-order valence-electron chi connectivity index (χ1n) is 7.91. The summed E-state index contributed by atoms with van der Waals surface area (Å²) in [7, 11) is 3.29. The van der Waals surface area contributed by atoms with Crippen LogP contribution in [0.5, 0.6) is 11.5 Å². The molecular weight excluding hydrogens is 288 g/mol. The summed E-state index contributed by atoms with van der Waals surface area (Å²) in [4.78, 5) is 0. The van der Waals surface area contributed by atoms with Gasteiger partial charge in [-0.2, -0.15) is 5.10 Å². The fourth-order valence-electron chi connectivity index (χ4n) is 2.81. The van der Waals surface area contributed by atoms with Gasteiger partial charge in [-0.05, 0) is 23.6 Å². The highest BCUT2D eigenvalue weighted by molar-refractivity contribution is 5.69. The SMILES string of the molecule is COc1ccc(-c2n[nH]c(C(C)(C)C)c2C(C)(C)C)cc1OC. The molecule has 1 heterocycles. The molecule has 0 saturated carbocycles. The minimum Gasteiger partial charge on any atom is -0.493 e. The summed E-state index contributed by atoms with van der Waals surface area (Å²) in [6.45, 7) is 13.3. The van der Waals surface area contributed by atoms with E-state index in [1.165, 1.54) is 11.3 Å². The molecule has 0 unspecified atom stereocenters. The second-order valence-corrected chi connectivity index (χ2v) is 7.89. The van der Waals surface area contributed by atoms with Crippen LogP contribution in [-0.2, 0) is 10.8 Å². The van der Waals surface area contributed by atoms with Gasteiger partial charge >= 0.3 is 0 Å². The molecule has 0 bridgehead atoms. The Bertz CT molecular complexity index is 688. The van der Waals surface area contributed by atoms with E-state index in [-0.39, 0.29) is 10.8 Å². The maximum atomic E-state index is 5.43. The van der Waals surface area contributed by atoms with E-state index >= 15 is 0 Å². The fraction of sp³-hybridized carbons (Fsp3) is 0.526. The van der Waals surface area contributed by atoms with Gasteiger partial charge < -0.3 is 9.47 Å². The molecule has 4 heteroatoms. The Morgan fingerprint density at radius 3 is 1.96 bits per heavy atom. The molecular formula is C19H28N2O2. The molecule has 2 aromatic rings. The first-order valence-corrected chi connectivity index (χ1v) is 7.91. The van der Waals surface area contributed by atoms with Crippen LogP contribution in [0.4, 0.5) is 0 Å². The van der Waals surface area contributed by atoms with Crippen LogP contribution in [0.15, 0.2) is 18.2 Å². The summed E-state index contributed by atoms with van der Waals surface area (Å²) in [6.07, 6.45) is 0. The number of nitrogens with zero attached hydrogens (tertiary/aromatic N) is 1. The van der Waals surface area contributed by atoms with Gasteiger partial charge in [0.15, 0.2) is 11.5 Å². The maximum Gasteiger partial charge on any atom is 0.161 e. The number of nitrogens with one attached hydrogen (secondary N) is 1. The molecule has 0 atom stereocenters. The quantitative estimate of drug-likeness (QED) is 0.893. The van der Waals surface area contributed by atoms with E-state index in [9.17, 15) is 0 Å². The van der Waals surface area contributed by atoms with Crippen molar-refractivity contribution >= 4 is 0 Å². The third-order valence-electron chi connectivity index (χ3n) is 3.92. The van der Waals surface area contributed by atoms with E-state index < -0.39 is 0 Å². The van der Waals surface area contributed by atoms with Crippen LogP contribution < -0.4 is 9.47 Å². The minimum absolute atomic E-state index is 0.00438. The highest BCUT2D eigenvalue weighted by atomic mass is 16.5. The van der Waals surface area contributed by atoms with Crippen LogP contribution in [0, 0.1) is 0 Å². The van der Waals surface area contributed by atoms with Crippen molar-refractivity contribution in [3.05, 3.63) is 29.5 Å². The number of hydrogen-bond acceptors (Lipinski definition) is 3. The first-order chi connectivity index (χ1) is 10.6. The molecule has 0 aliphatic rings. The summed E-state index contributed by atoms with van der Waals surface area (Å²) in [5.41, 5.74) is 4.41. The number of hydrogen-bond donors (Lipinski definition) is 1. The highest BCUT2D eigenvalue weighted by Gasteiger charge is 2.31. The van der Waals surface area contributed by atoms with Gasteiger partial charge in [0, 0.05) is 22.2 Å². The average Bonchev–Trinajstić information content (AvgIpc) is 2.91. The number of benzene rings is 1. The smallest absolute Gasteiger partial charge is 0.161 e. The lowest BCUT2D eigenvalue weighted by Gasteiger charge is -2.26. The summed E-state index contributed by atoms with van der Waals surface area (Å²) in [5.74, 6) is 1.44. The minimum atomic E-state index is -0.0158. The summed E-state index contributed by atoms with van der Waals surface area (Å²) >= 11 is 0. The molecule has 0 saturated heterocycles. The Morgan fingerprint density at radius 2 is 1.48 bits per heavy atom. The Balaban J connectivity index is 2.67. The number of H-pyrrole nitrogens is 1. The van der Waals surface area contributed by atoms with Crippen molar-refractivity contribution in [3.8, 4) is 22.8 Å². The normalized spacial score (nSPS) is 12.3. The Hall–Kier alpha value is -1.97. The third kappa shape index (κ3) is 3.36. The van der Waals surface area contributed by atoms with Gasteiger partial charge in [-0.3, -0.25) is 5.10 Å². The largest absolute Gasteiger partial charge is 0.493 e. The molecule has 1 aromatic carbocycles. The lowest BCUT2D eigenvalue weighted by atomic mass is 9.77. The van der Waals surface area contributed by atoms with Crippen LogP contribution in [0.1, 0.15) is 52.8 Å². The predicted molar refractivity (Wildman–Crippen MR) is 94.5 cm³/mol. The molecule has 0 spiro atoms. The summed E-state index contributed by atoms with van der Waals surface area (Å²) < 4.78 is 10.8. The van der Waals surface area contributed by atoms with Crippen LogP contribution in [0.3, 0.4) is 0 Å². The molecule has 0 amide bonds. The monoisotopic (exact) mass is 316 g/mol. The van der Waals surface area contributed by atoms with E-state index in [1.807, 2.05) is 18.2 Å². The first kappa shape index (κ1) is 17.4. The zero-order valence-corrected chi connectivity index (χ0v) is 15.5. The Morgan fingerprint density at radius 1 is 0.870 bits per heavy atom. The standard InChI is InChI=1S/C19H28N2O2/c1-18(2,3)15-16(20-21-17(15)19(4,5)6)12-9-10-13(22-7)14(11-12)23-8/h9-11H,1-8H3,(H,20,21). The number of methoxy groups -OCH3 is 2. The summed E-state index contributed by atoms with van der Waals surface area (Å²) in [6, 6.07) is 5.93. The van der Waals surface area contributed by atoms with Crippen molar-refractivity contribution in [3.63, 3.8) is 0 Å². The molecule has 23 heavy (non-hydrogen) atoms. The molecule has 2 rings (SSSR count). The van der Waals surface area contributed by atoms with Crippen molar-refractivity contribution in [2.45, 2.75) is 52.4 Å². The topological polar surface area (TPSA) is 47.1 Å². The molecule has 126 valence electrons. The van der Waals surface area contributed by atoms with Crippen molar-refractivity contribution in [1.82, 2.24) is 10.2 Å². The summed E-state index contributed by atoms with van der Waals surface area (Å²) in [5, 5.41) is 7.89. The van der Waals surface area contributed by atoms with Crippen LogP contribution in [-0.4, -0.2) is 24.4 Å². The van der Waals surface area contributed by atoms with Crippen molar-refractivity contribution in [2.24, 2.45) is 0 Å². The third-order valence-corrected chi connectivity index (χ3v) is 3.92. The van der Waals surface area contributed by atoms with Gasteiger partial charge in [-0.1, -0.05) is 41.5 Å². The van der Waals surface area contributed by atoms with E-state index in [2.05, 4.69) is 51.7 Å². The van der Waals surface area contributed by atoms with E-state index in [0.717, 1.165) is 17.0 Å². The molecule has 0 fully saturated rings. The number of ether oxygens (including phenoxy) is 2. The van der Waals surface area contributed by atoms with Crippen LogP contribution >= 0.6 is 0 Å².